The van der Waals surface area contributed by atoms with Crippen LogP contribution in [-0.2, 0) is 28.2 Å². The van der Waals surface area contributed by atoms with Crippen LogP contribution in [0.15, 0.2) is 85.1 Å². The largest absolute Gasteiger partial charge is 0.469 e. The second kappa shape index (κ2) is 39.9. The number of rotatable bonds is 37. The first-order chi connectivity index (χ1) is 26.3. The maximum Gasteiger partial charge on any atom is 0.469 e. The first-order valence-electron chi connectivity index (χ1n) is 20.9. The fraction of sp³-hybridized carbons (Fsp3) is 0.644. The van der Waals surface area contributed by atoms with Crippen molar-refractivity contribution in [1.29, 1.82) is 0 Å². The van der Waals surface area contributed by atoms with Gasteiger partial charge in [0.2, 0.25) is 0 Å². The van der Waals surface area contributed by atoms with Gasteiger partial charge in [-0.15, -0.1) is 0 Å². The number of allylic oxidation sites excluding steroid dienone is 14. The van der Waals surface area contributed by atoms with E-state index < -0.39 is 32.5 Å². The standard InChI is InChI=1S/C45H75O8P/c1-3-5-7-9-11-13-15-17-18-19-20-21-22-23-24-25-26-28-29-31-33-35-37-39-44(46)51-41-43(42-52-54(48,49)50)53-45(47)40-38-36-34-32-30-27-16-14-12-10-8-6-4-2/h5-8,10-14,16-18,27,30,43H,3-4,9,15,19-26,28-29,31-42H2,1-2H3,(H2,48,49,50)/b7-5+,8-6+,12-10+,13-11+,16-14+,18-17+,30-27+. The minimum atomic E-state index is -4.77. The Balaban J connectivity index is 3.90. The van der Waals surface area contributed by atoms with E-state index in [-0.39, 0.29) is 19.4 Å². The predicted molar refractivity (Wildman–Crippen MR) is 225 cm³/mol. The van der Waals surface area contributed by atoms with E-state index in [1.54, 1.807) is 0 Å². The fourth-order valence-corrected chi connectivity index (χ4v) is 5.82. The normalized spacial score (nSPS) is 13.3. The van der Waals surface area contributed by atoms with Gasteiger partial charge in [0.25, 0.3) is 0 Å². The van der Waals surface area contributed by atoms with Crippen molar-refractivity contribution >= 4 is 19.8 Å². The molecule has 0 fully saturated rings. The third-order valence-corrected chi connectivity index (χ3v) is 8.99. The summed E-state index contributed by atoms with van der Waals surface area (Å²) < 4.78 is 26.3. The number of phosphoric acid groups is 1. The first-order valence-corrected chi connectivity index (χ1v) is 22.5. The number of phosphoric ester groups is 1. The predicted octanol–water partition coefficient (Wildman–Crippen LogP) is 12.8. The Morgan fingerprint density at radius 3 is 1.48 bits per heavy atom. The summed E-state index contributed by atoms with van der Waals surface area (Å²) in [5.41, 5.74) is 0. The van der Waals surface area contributed by atoms with Crippen molar-refractivity contribution in [2.45, 2.75) is 174 Å². The van der Waals surface area contributed by atoms with Crippen LogP contribution in [0, 0.1) is 0 Å². The molecular weight excluding hydrogens is 699 g/mol. The number of carbonyl (C=O) groups is 2. The van der Waals surface area contributed by atoms with Crippen LogP contribution in [0.3, 0.4) is 0 Å². The van der Waals surface area contributed by atoms with Crippen molar-refractivity contribution in [3.63, 3.8) is 0 Å². The van der Waals surface area contributed by atoms with E-state index in [1.165, 1.54) is 64.2 Å². The number of ether oxygens (including phenoxy) is 2. The molecular formula is C45H75O8P. The highest BCUT2D eigenvalue weighted by Crippen LogP contribution is 2.36. The number of esters is 2. The van der Waals surface area contributed by atoms with Crippen molar-refractivity contribution < 1.29 is 37.9 Å². The van der Waals surface area contributed by atoms with Gasteiger partial charge in [0, 0.05) is 12.8 Å². The smallest absolute Gasteiger partial charge is 0.462 e. The summed E-state index contributed by atoms with van der Waals surface area (Å²) in [4.78, 5) is 42.8. The van der Waals surface area contributed by atoms with Crippen LogP contribution in [0.5, 0.6) is 0 Å². The molecule has 0 radical (unpaired) electrons. The van der Waals surface area contributed by atoms with Gasteiger partial charge < -0.3 is 19.3 Å². The lowest BCUT2D eigenvalue weighted by Gasteiger charge is -2.18. The van der Waals surface area contributed by atoms with Gasteiger partial charge in [-0.05, 0) is 64.2 Å². The third-order valence-electron chi connectivity index (χ3n) is 8.50. The van der Waals surface area contributed by atoms with Crippen molar-refractivity contribution in [1.82, 2.24) is 0 Å². The molecule has 0 spiro atoms. The van der Waals surface area contributed by atoms with Crippen molar-refractivity contribution in [3.8, 4) is 0 Å². The monoisotopic (exact) mass is 775 g/mol. The van der Waals surface area contributed by atoms with Crippen LogP contribution in [-0.4, -0.2) is 41.0 Å². The van der Waals surface area contributed by atoms with Crippen molar-refractivity contribution in [2.24, 2.45) is 0 Å². The number of unbranched alkanes of at least 4 members (excludes halogenated alkanes) is 16. The molecule has 0 heterocycles. The maximum absolute atomic E-state index is 12.4. The summed E-state index contributed by atoms with van der Waals surface area (Å²) in [5.74, 6) is -0.938. The van der Waals surface area contributed by atoms with E-state index in [0.717, 1.165) is 64.2 Å². The molecule has 308 valence electrons. The second-order valence-electron chi connectivity index (χ2n) is 13.6. The molecule has 0 amide bonds. The highest BCUT2D eigenvalue weighted by atomic mass is 31.2. The second-order valence-corrected chi connectivity index (χ2v) is 14.9. The van der Waals surface area contributed by atoms with E-state index in [2.05, 4.69) is 67.0 Å². The molecule has 0 aliphatic rings. The Labute approximate surface area is 329 Å². The van der Waals surface area contributed by atoms with Crippen LogP contribution in [0.1, 0.15) is 168 Å². The number of hydrogen-bond acceptors (Lipinski definition) is 6. The van der Waals surface area contributed by atoms with Gasteiger partial charge in [-0.1, -0.05) is 176 Å². The van der Waals surface area contributed by atoms with E-state index in [9.17, 15) is 14.2 Å². The van der Waals surface area contributed by atoms with Crippen LogP contribution in [0.4, 0.5) is 0 Å². The molecule has 0 saturated carbocycles. The molecule has 9 heteroatoms. The summed E-state index contributed by atoms with van der Waals surface area (Å²) in [7, 11) is -4.77. The van der Waals surface area contributed by atoms with Gasteiger partial charge in [-0.2, -0.15) is 0 Å². The number of hydrogen-bond donors (Lipinski definition) is 2. The SMILES string of the molecule is CC/C=C/C=C/C=C/C=C/CCCCCC(=O)OC(COC(=O)CCCCCCCCCCCCCCC/C=C/C/C=C/C/C=C/CC)COP(=O)(O)O. The Bertz CT molecular complexity index is 1140. The topological polar surface area (TPSA) is 119 Å². The third kappa shape index (κ3) is 42.0. The van der Waals surface area contributed by atoms with Gasteiger partial charge in [0.1, 0.15) is 6.61 Å². The fourth-order valence-electron chi connectivity index (χ4n) is 5.46. The lowest BCUT2D eigenvalue weighted by atomic mass is 10.0. The molecule has 0 rings (SSSR count). The molecule has 0 aliphatic carbocycles. The van der Waals surface area contributed by atoms with Crippen molar-refractivity contribution in [3.05, 3.63) is 85.1 Å². The Hall–Kier alpha value is -2.77. The van der Waals surface area contributed by atoms with E-state index in [4.69, 9.17) is 19.3 Å². The highest BCUT2D eigenvalue weighted by molar-refractivity contribution is 7.46. The Morgan fingerprint density at radius 1 is 0.500 bits per heavy atom. The van der Waals surface area contributed by atoms with Crippen LogP contribution < -0.4 is 0 Å². The molecule has 0 saturated heterocycles. The summed E-state index contributed by atoms with van der Waals surface area (Å²) in [5, 5.41) is 0. The molecule has 2 N–H and O–H groups in total. The first kappa shape index (κ1) is 51.2. The minimum Gasteiger partial charge on any atom is -0.462 e. The molecule has 0 aromatic heterocycles. The summed E-state index contributed by atoms with van der Waals surface area (Å²) in [6.45, 7) is 3.39. The van der Waals surface area contributed by atoms with E-state index in [0.29, 0.717) is 12.8 Å². The summed E-state index contributed by atoms with van der Waals surface area (Å²) >= 11 is 0. The van der Waals surface area contributed by atoms with Gasteiger partial charge in [-0.25, -0.2) is 4.57 Å². The lowest BCUT2D eigenvalue weighted by Crippen LogP contribution is -2.29. The zero-order valence-corrected chi connectivity index (χ0v) is 34.7. The molecule has 1 atom stereocenters. The van der Waals surface area contributed by atoms with Crippen LogP contribution in [0.2, 0.25) is 0 Å². The molecule has 1 unspecified atom stereocenters. The van der Waals surface area contributed by atoms with Crippen LogP contribution >= 0.6 is 7.82 Å². The van der Waals surface area contributed by atoms with Crippen molar-refractivity contribution in [2.75, 3.05) is 13.2 Å². The Kier molecular flexibility index (Phi) is 37.9. The molecule has 54 heavy (non-hydrogen) atoms. The van der Waals surface area contributed by atoms with Gasteiger partial charge in [0.15, 0.2) is 6.10 Å². The molecule has 0 aliphatic heterocycles. The molecule has 0 bridgehead atoms. The average molecular weight is 775 g/mol. The van der Waals surface area contributed by atoms with E-state index in [1.807, 2.05) is 36.5 Å². The van der Waals surface area contributed by atoms with Gasteiger partial charge in [-0.3, -0.25) is 14.1 Å². The quantitative estimate of drug-likeness (QED) is 0.0210. The molecule has 8 nitrogen and oxygen atoms in total. The molecule has 0 aromatic rings. The van der Waals surface area contributed by atoms with Gasteiger partial charge >= 0.3 is 19.8 Å². The van der Waals surface area contributed by atoms with E-state index >= 15 is 0 Å². The summed E-state index contributed by atoms with van der Waals surface area (Å²) in [6.07, 6.45) is 53.2. The minimum absolute atomic E-state index is 0.162. The Morgan fingerprint density at radius 2 is 0.926 bits per heavy atom. The van der Waals surface area contributed by atoms with Crippen LogP contribution in [0.25, 0.3) is 0 Å². The maximum atomic E-state index is 12.4. The molecule has 0 aromatic carbocycles. The zero-order valence-electron chi connectivity index (χ0n) is 33.8. The zero-order chi connectivity index (χ0) is 39.6. The average Bonchev–Trinajstić information content (AvgIpc) is 3.14. The lowest BCUT2D eigenvalue weighted by molar-refractivity contribution is -0.161. The summed E-state index contributed by atoms with van der Waals surface area (Å²) in [6, 6.07) is 0. The van der Waals surface area contributed by atoms with Gasteiger partial charge in [0.05, 0.1) is 6.61 Å². The highest BCUT2D eigenvalue weighted by Gasteiger charge is 2.22. The number of carbonyl (C=O) groups excluding carboxylic acids is 2.